The third-order valence-electron chi connectivity index (χ3n) is 4.14. The van der Waals surface area contributed by atoms with Crippen molar-refractivity contribution in [2.24, 2.45) is 5.73 Å². The van der Waals surface area contributed by atoms with Gasteiger partial charge in [-0.2, -0.15) is 0 Å². The van der Waals surface area contributed by atoms with E-state index < -0.39 is 5.66 Å². The molecule has 3 aromatic rings. The van der Waals surface area contributed by atoms with E-state index in [1.165, 1.54) is 29.5 Å². The molecule has 118 valence electrons. The summed E-state index contributed by atoms with van der Waals surface area (Å²) in [7, 11) is 0. The van der Waals surface area contributed by atoms with Gasteiger partial charge in [-0.15, -0.1) is 0 Å². The minimum absolute atomic E-state index is 0.227. The standard InChI is InChI=1S/C18H17FN2OS/c1-18(20)17-15(7-8-21-18)14-6-5-13(10-16(14)22-17)23-12-4-2-3-11(19)9-12/h2-6,9-10,21H,7-8,20H2,1H3. The first-order valence-electron chi connectivity index (χ1n) is 7.56. The van der Waals surface area contributed by atoms with Crippen LogP contribution in [0, 0.1) is 5.82 Å². The largest absolute Gasteiger partial charge is 0.457 e. The van der Waals surface area contributed by atoms with Gasteiger partial charge in [-0.05, 0) is 49.7 Å². The Balaban J connectivity index is 1.74. The van der Waals surface area contributed by atoms with E-state index in [1.54, 1.807) is 6.07 Å². The van der Waals surface area contributed by atoms with Crippen LogP contribution >= 0.6 is 11.8 Å². The van der Waals surface area contributed by atoms with Crippen LogP contribution in [0.5, 0.6) is 0 Å². The Morgan fingerprint density at radius 1 is 1.22 bits per heavy atom. The molecule has 0 aliphatic carbocycles. The van der Waals surface area contributed by atoms with Crippen LogP contribution in [-0.2, 0) is 12.1 Å². The van der Waals surface area contributed by atoms with Gasteiger partial charge in [0.1, 0.15) is 22.8 Å². The molecule has 1 atom stereocenters. The summed E-state index contributed by atoms with van der Waals surface area (Å²) in [5.74, 6) is 0.584. The number of rotatable bonds is 2. The Bertz CT molecular complexity index is 888. The summed E-state index contributed by atoms with van der Waals surface area (Å²) < 4.78 is 19.3. The van der Waals surface area contributed by atoms with Crippen LogP contribution in [0.25, 0.3) is 11.0 Å². The van der Waals surface area contributed by atoms with Crippen molar-refractivity contribution < 1.29 is 8.81 Å². The first kappa shape index (κ1) is 14.8. The second-order valence-corrected chi connectivity index (χ2v) is 7.15. The fourth-order valence-electron chi connectivity index (χ4n) is 3.06. The van der Waals surface area contributed by atoms with Gasteiger partial charge in [-0.3, -0.25) is 5.32 Å². The molecule has 0 saturated heterocycles. The molecule has 4 rings (SSSR count). The third kappa shape index (κ3) is 2.65. The predicted octanol–water partition coefficient (Wildman–Crippen LogP) is 4.00. The quantitative estimate of drug-likeness (QED) is 0.746. The summed E-state index contributed by atoms with van der Waals surface area (Å²) in [6, 6.07) is 12.7. The first-order chi connectivity index (χ1) is 11.0. The van der Waals surface area contributed by atoms with Gasteiger partial charge in [0.2, 0.25) is 0 Å². The number of halogens is 1. The first-order valence-corrected chi connectivity index (χ1v) is 8.38. The summed E-state index contributed by atoms with van der Waals surface area (Å²) in [5, 5.41) is 4.39. The number of hydrogen-bond donors (Lipinski definition) is 2. The van der Waals surface area contributed by atoms with Crippen LogP contribution in [0.4, 0.5) is 4.39 Å². The van der Waals surface area contributed by atoms with Crippen LogP contribution in [0.3, 0.4) is 0 Å². The Kier molecular flexibility index (Phi) is 3.44. The Labute approximate surface area is 138 Å². The lowest BCUT2D eigenvalue weighted by atomic mass is 9.97. The van der Waals surface area contributed by atoms with Crippen molar-refractivity contribution in [3.63, 3.8) is 0 Å². The number of nitrogens with one attached hydrogen (secondary N) is 1. The zero-order chi connectivity index (χ0) is 16.0. The van der Waals surface area contributed by atoms with Crippen molar-refractivity contribution in [1.29, 1.82) is 0 Å². The summed E-state index contributed by atoms with van der Waals surface area (Å²) >= 11 is 1.52. The molecular weight excluding hydrogens is 311 g/mol. The molecule has 5 heteroatoms. The molecule has 2 aromatic carbocycles. The molecule has 0 bridgehead atoms. The van der Waals surface area contributed by atoms with E-state index in [-0.39, 0.29) is 5.82 Å². The van der Waals surface area contributed by atoms with Gasteiger partial charge in [0, 0.05) is 27.3 Å². The third-order valence-corrected chi connectivity index (χ3v) is 5.11. The molecule has 0 saturated carbocycles. The maximum atomic E-state index is 13.3. The van der Waals surface area contributed by atoms with Gasteiger partial charge in [0.25, 0.3) is 0 Å². The molecule has 3 nitrogen and oxygen atoms in total. The molecule has 1 aliphatic rings. The average Bonchev–Trinajstić information content (AvgIpc) is 2.87. The smallest absolute Gasteiger partial charge is 0.142 e. The highest BCUT2D eigenvalue weighted by Crippen LogP contribution is 2.37. The molecule has 0 fully saturated rings. The van der Waals surface area contributed by atoms with Crippen molar-refractivity contribution in [1.82, 2.24) is 5.32 Å². The van der Waals surface area contributed by atoms with Crippen molar-refractivity contribution in [3.05, 3.63) is 59.6 Å². The molecule has 23 heavy (non-hydrogen) atoms. The van der Waals surface area contributed by atoms with Crippen LogP contribution in [0.1, 0.15) is 18.2 Å². The maximum absolute atomic E-state index is 13.3. The van der Waals surface area contributed by atoms with E-state index in [0.29, 0.717) is 0 Å². The predicted molar refractivity (Wildman–Crippen MR) is 90.0 cm³/mol. The summed E-state index contributed by atoms with van der Waals surface area (Å²) in [5.41, 5.74) is 7.66. The van der Waals surface area contributed by atoms with Crippen molar-refractivity contribution in [2.45, 2.75) is 28.8 Å². The van der Waals surface area contributed by atoms with Crippen molar-refractivity contribution in [2.75, 3.05) is 6.54 Å². The number of nitrogens with two attached hydrogens (primary N) is 1. The molecule has 1 unspecified atom stereocenters. The van der Waals surface area contributed by atoms with Crippen LogP contribution in [0.2, 0.25) is 0 Å². The minimum atomic E-state index is -0.636. The number of hydrogen-bond acceptors (Lipinski definition) is 4. The molecule has 2 heterocycles. The second-order valence-electron chi connectivity index (χ2n) is 6.01. The van der Waals surface area contributed by atoms with Crippen molar-refractivity contribution >= 4 is 22.7 Å². The second kappa shape index (κ2) is 5.37. The van der Waals surface area contributed by atoms with E-state index in [9.17, 15) is 4.39 Å². The molecular formula is C18H17FN2OS. The number of benzene rings is 2. The summed E-state index contributed by atoms with van der Waals surface area (Å²) in [4.78, 5) is 1.88. The van der Waals surface area contributed by atoms with Gasteiger partial charge in [-0.1, -0.05) is 17.8 Å². The van der Waals surface area contributed by atoms with Gasteiger partial charge in [-0.25, -0.2) is 4.39 Å². The topological polar surface area (TPSA) is 51.2 Å². The molecule has 0 radical (unpaired) electrons. The normalized spacial score (nSPS) is 20.7. The molecule has 0 amide bonds. The van der Waals surface area contributed by atoms with E-state index in [0.717, 1.165) is 39.5 Å². The van der Waals surface area contributed by atoms with Gasteiger partial charge >= 0.3 is 0 Å². The number of furan rings is 1. The Morgan fingerprint density at radius 2 is 2.04 bits per heavy atom. The monoisotopic (exact) mass is 328 g/mol. The number of fused-ring (bicyclic) bond motifs is 3. The Morgan fingerprint density at radius 3 is 2.87 bits per heavy atom. The van der Waals surface area contributed by atoms with Crippen LogP contribution in [0.15, 0.2) is 56.7 Å². The van der Waals surface area contributed by atoms with Crippen LogP contribution in [-0.4, -0.2) is 6.54 Å². The van der Waals surface area contributed by atoms with E-state index in [2.05, 4.69) is 11.4 Å². The summed E-state index contributed by atoms with van der Waals surface area (Å²) in [6.45, 7) is 2.77. The SMILES string of the molecule is CC1(N)NCCc2c1oc1cc(Sc3cccc(F)c3)ccc21. The highest BCUT2D eigenvalue weighted by atomic mass is 32.2. The zero-order valence-corrected chi connectivity index (χ0v) is 13.5. The lowest BCUT2D eigenvalue weighted by Gasteiger charge is -2.29. The van der Waals surface area contributed by atoms with Gasteiger partial charge in [0.05, 0.1) is 0 Å². The van der Waals surface area contributed by atoms with Crippen LogP contribution < -0.4 is 11.1 Å². The molecule has 0 spiro atoms. The fraction of sp³-hybridized carbons (Fsp3) is 0.222. The van der Waals surface area contributed by atoms with E-state index >= 15 is 0 Å². The van der Waals surface area contributed by atoms with Gasteiger partial charge in [0.15, 0.2) is 0 Å². The lowest BCUT2D eigenvalue weighted by molar-refractivity contribution is 0.293. The van der Waals surface area contributed by atoms with Crippen molar-refractivity contribution in [3.8, 4) is 0 Å². The Hall–Kier alpha value is -1.82. The average molecular weight is 328 g/mol. The summed E-state index contributed by atoms with van der Waals surface area (Å²) in [6.07, 6.45) is 0.908. The highest BCUT2D eigenvalue weighted by molar-refractivity contribution is 7.99. The minimum Gasteiger partial charge on any atom is -0.457 e. The molecule has 1 aromatic heterocycles. The maximum Gasteiger partial charge on any atom is 0.142 e. The fourth-order valence-corrected chi connectivity index (χ4v) is 3.95. The van der Waals surface area contributed by atoms with Gasteiger partial charge < -0.3 is 10.2 Å². The van der Waals surface area contributed by atoms with E-state index in [1.807, 2.05) is 25.1 Å². The highest BCUT2D eigenvalue weighted by Gasteiger charge is 2.32. The zero-order valence-electron chi connectivity index (χ0n) is 12.7. The lowest BCUT2D eigenvalue weighted by Crippen LogP contribution is -2.51. The molecule has 1 aliphatic heterocycles. The van der Waals surface area contributed by atoms with E-state index in [4.69, 9.17) is 10.2 Å². The molecule has 3 N–H and O–H groups in total.